The summed E-state index contributed by atoms with van der Waals surface area (Å²) in [7, 11) is 0. The number of hydrogen-bond acceptors (Lipinski definition) is 1. The van der Waals surface area contributed by atoms with Gasteiger partial charge in [0.1, 0.15) is 5.82 Å². The number of rotatable bonds is 3. The van der Waals surface area contributed by atoms with Crippen molar-refractivity contribution in [3.63, 3.8) is 0 Å². The molecule has 0 bridgehead atoms. The molecule has 0 aliphatic heterocycles. The van der Waals surface area contributed by atoms with Crippen molar-refractivity contribution in [2.24, 2.45) is 5.92 Å². The van der Waals surface area contributed by atoms with Crippen molar-refractivity contribution in [3.8, 4) is 0 Å². The van der Waals surface area contributed by atoms with Gasteiger partial charge in [-0.25, -0.2) is 4.39 Å². The lowest BCUT2D eigenvalue weighted by molar-refractivity contribution is 0.00189. The fourth-order valence-electron chi connectivity index (χ4n) is 2.75. The SMILES string of the molecule is CC(O)(Cc1cccc(F)c1)C1CCCC1. The lowest BCUT2D eigenvalue weighted by Gasteiger charge is -2.30. The van der Waals surface area contributed by atoms with Gasteiger partial charge in [-0.3, -0.25) is 0 Å². The summed E-state index contributed by atoms with van der Waals surface area (Å²) in [6.45, 7) is 1.88. The number of halogens is 1. The van der Waals surface area contributed by atoms with Crippen LogP contribution in [0.15, 0.2) is 24.3 Å². The van der Waals surface area contributed by atoms with E-state index in [4.69, 9.17) is 0 Å². The van der Waals surface area contributed by atoms with Gasteiger partial charge in [0.15, 0.2) is 0 Å². The molecule has 0 aromatic heterocycles. The molecule has 2 heteroatoms. The second-order valence-electron chi connectivity index (χ2n) is 5.15. The highest BCUT2D eigenvalue weighted by molar-refractivity contribution is 5.18. The molecule has 1 atom stereocenters. The van der Waals surface area contributed by atoms with E-state index in [1.165, 1.54) is 25.0 Å². The van der Waals surface area contributed by atoms with E-state index < -0.39 is 5.60 Å². The van der Waals surface area contributed by atoms with Crippen LogP contribution in [0.5, 0.6) is 0 Å². The van der Waals surface area contributed by atoms with E-state index in [0.717, 1.165) is 18.4 Å². The second kappa shape index (κ2) is 4.54. The lowest BCUT2D eigenvalue weighted by Crippen LogP contribution is -2.35. The zero-order chi connectivity index (χ0) is 11.6. The van der Waals surface area contributed by atoms with E-state index in [-0.39, 0.29) is 5.82 Å². The van der Waals surface area contributed by atoms with Crippen LogP contribution < -0.4 is 0 Å². The Morgan fingerprint density at radius 2 is 2.06 bits per heavy atom. The number of benzene rings is 1. The Morgan fingerprint density at radius 1 is 1.38 bits per heavy atom. The predicted molar refractivity (Wildman–Crippen MR) is 62.7 cm³/mol. The largest absolute Gasteiger partial charge is 0.390 e. The van der Waals surface area contributed by atoms with Crippen LogP contribution in [-0.4, -0.2) is 10.7 Å². The molecule has 1 N–H and O–H groups in total. The van der Waals surface area contributed by atoms with Gasteiger partial charge in [0, 0.05) is 6.42 Å². The summed E-state index contributed by atoms with van der Waals surface area (Å²) >= 11 is 0. The van der Waals surface area contributed by atoms with Gasteiger partial charge in [0.25, 0.3) is 0 Å². The molecule has 0 saturated heterocycles. The Morgan fingerprint density at radius 3 is 2.69 bits per heavy atom. The van der Waals surface area contributed by atoms with E-state index >= 15 is 0 Å². The molecule has 1 aromatic carbocycles. The van der Waals surface area contributed by atoms with E-state index in [1.54, 1.807) is 6.07 Å². The molecule has 0 amide bonds. The van der Waals surface area contributed by atoms with Crippen LogP contribution in [0.2, 0.25) is 0 Å². The van der Waals surface area contributed by atoms with E-state index in [1.807, 2.05) is 13.0 Å². The average molecular weight is 222 g/mol. The Bertz CT molecular complexity index is 354. The molecule has 0 radical (unpaired) electrons. The van der Waals surface area contributed by atoms with Crippen LogP contribution in [0.3, 0.4) is 0 Å². The maximum atomic E-state index is 13.0. The van der Waals surface area contributed by atoms with Crippen molar-refractivity contribution in [2.45, 2.75) is 44.6 Å². The van der Waals surface area contributed by atoms with Crippen molar-refractivity contribution in [3.05, 3.63) is 35.6 Å². The molecule has 1 aromatic rings. The molecule has 1 aliphatic carbocycles. The van der Waals surface area contributed by atoms with Crippen LogP contribution in [0.25, 0.3) is 0 Å². The van der Waals surface area contributed by atoms with Crippen LogP contribution in [0, 0.1) is 11.7 Å². The van der Waals surface area contributed by atoms with E-state index in [0.29, 0.717) is 12.3 Å². The summed E-state index contributed by atoms with van der Waals surface area (Å²) in [5.41, 5.74) is 0.196. The van der Waals surface area contributed by atoms with Gasteiger partial charge >= 0.3 is 0 Å². The van der Waals surface area contributed by atoms with Crippen LogP contribution in [0.1, 0.15) is 38.2 Å². The summed E-state index contributed by atoms with van der Waals surface area (Å²) in [5.74, 6) is 0.149. The highest BCUT2D eigenvalue weighted by Gasteiger charge is 2.33. The summed E-state index contributed by atoms with van der Waals surface area (Å²) in [4.78, 5) is 0. The zero-order valence-electron chi connectivity index (χ0n) is 9.75. The molecule has 16 heavy (non-hydrogen) atoms. The minimum Gasteiger partial charge on any atom is -0.390 e. The van der Waals surface area contributed by atoms with Crippen molar-refractivity contribution in [1.82, 2.24) is 0 Å². The van der Waals surface area contributed by atoms with Crippen LogP contribution in [0.4, 0.5) is 4.39 Å². The second-order valence-corrected chi connectivity index (χ2v) is 5.15. The molecule has 0 spiro atoms. The maximum absolute atomic E-state index is 13.0. The fraction of sp³-hybridized carbons (Fsp3) is 0.571. The highest BCUT2D eigenvalue weighted by Crippen LogP contribution is 2.35. The Hall–Kier alpha value is -0.890. The Kier molecular flexibility index (Phi) is 3.29. The first-order valence-corrected chi connectivity index (χ1v) is 6.05. The van der Waals surface area contributed by atoms with Crippen molar-refractivity contribution >= 4 is 0 Å². The summed E-state index contributed by atoms with van der Waals surface area (Å²) in [6.07, 6.45) is 5.17. The molecular formula is C14H19FO. The van der Waals surface area contributed by atoms with Gasteiger partial charge in [-0.05, 0) is 43.4 Å². The van der Waals surface area contributed by atoms with Gasteiger partial charge < -0.3 is 5.11 Å². The molecule has 1 aliphatic rings. The van der Waals surface area contributed by atoms with Gasteiger partial charge in [-0.2, -0.15) is 0 Å². The molecule has 1 fully saturated rings. The minimum absolute atomic E-state index is 0.222. The van der Waals surface area contributed by atoms with Gasteiger partial charge in [-0.15, -0.1) is 0 Å². The molecular weight excluding hydrogens is 203 g/mol. The van der Waals surface area contributed by atoms with Gasteiger partial charge in [-0.1, -0.05) is 25.0 Å². The molecule has 88 valence electrons. The van der Waals surface area contributed by atoms with Gasteiger partial charge in [0.2, 0.25) is 0 Å². The predicted octanol–water partition coefficient (Wildman–Crippen LogP) is 3.31. The van der Waals surface area contributed by atoms with E-state index in [2.05, 4.69) is 0 Å². The normalized spacial score (nSPS) is 20.9. The quantitative estimate of drug-likeness (QED) is 0.832. The van der Waals surface area contributed by atoms with Gasteiger partial charge in [0.05, 0.1) is 5.60 Å². The smallest absolute Gasteiger partial charge is 0.123 e. The topological polar surface area (TPSA) is 20.2 Å². The zero-order valence-corrected chi connectivity index (χ0v) is 9.75. The molecule has 0 heterocycles. The number of aliphatic hydroxyl groups is 1. The molecule has 1 unspecified atom stereocenters. The first kappa shape index (κ1) is 11.6. The standard InChI is InChI=1S/C14H19FO/c1-14(16,12-6-2-3-7-12)10-11-5-4-8-13(15)9-11/h4-5,8-9,12,16H,2-3,6-7,10H2,1H3. The Labute approximate surface area is 96.3 Å². The third-order valence-corrected chi connectivity index (χ3v) is 3.69. The monoisotopic (exact) mass is 222 g/mol. The summed E-state index contributed by atoms with van der Waals surface area (Å²) in [6, 6.07) is 6.54. The molecule has 1 saturated carbocycles. The first-order chi connectivity index (χ1) is 7.58. The van der Waals surface area contributed by atoms with E-state index in [9.17, 15) is 9.50 Å². The van der Waals surface area contributed by atoms with Crippen LogP contribution >= 0.6 is 0 Å². The number of hydrogen-bond donors (Lipinski definition) is 1. The van der Waals surface area contributed by atoms with Crippen LogP contribution in [-0.2, 0) is 6.42 Å². The summed E-state index contributed by atoms with van der Waals surface area (Å²) in [5, 5.41) is 10.4. The van der Waals surface area contributed by atoms with Crippen molar-refractivity contribution < 1.29 is 9.50 Å². The highest BCUT2D eigenvalue weighted by atomic mass is 19.1. The first-order valence-electron chi connectivity index (χ1n) is 6.05. The molecule has 1 nitrogen and oxygen atoms in total. The fourth-order valence-corrected chi connectivity index (χ4v) is 2.75. The molecule has 2 rings (SSSR count). The summed E-state index contributed by atoms with van der Waals surface area (Å²) < 4.78 is 13.0. The van der Waals surface area contributed by atoms with Crippen molar-refractivity contribution in [2.75, 3.05) is 0 Å². The minimum atomic E-state index is -0.690. The lowest BCUT2D eigenvalue weighted by atomic mass is 9.83. The maximum Gasteiger partial charge on any atom is 0.123 e. The van der Waals surface area contributed by atoms with Crippen molar-refractivity contribution in [1.29, 1.82) is 0 Å². The third kappa shape index (κ3) is 2.62. The third-order valence-electron chi connectivity index (χ3n) is 3.69. The average Bonchev–Trinajstić information content (AvgIpc) is 2.69. The Balaban J connectivity index is 2.07.